The standard InChI is InChI=1S/C48H63N4O14P/c1-32(2)52(33(3)4)67(57,28-12-25-49)66-44-42(30-63-48(36-13-10-9-11-14-36,37-15-19-39(58-7)20-16-37)38-17-21-40(59-8)22-18-38)65-46(51-26-23-43(55)50-47(51)56)45(44)62-31-60-27-24-41(64-35(6)54)29-61-34(5)53/h9-11,13-23,26,32-33,41-42,44-46,57,67H,12,24,27-31H2,1-8H3,(H,50,55,56)/t41?,42-,44-,45-,46-/m1/s1. The molecule has 5 rings (SSSR count). The summed E-state index contributed by atoms with van der Waals surface area (Å²) >= 11 is 0. The van der Waals surface area contributed by atoms with Gasteiger partial charge in [0.25, 0.3) is 0 Å². The van der Waals surface area contributed by atoms with Gasteiger partial charge in [-0.2, -0.15) is 0 Å². The van der Waals surface area contributed by atoms with Gasteiger partial charge >= 0.3 is 380 Å². The van der Waals surface area contributed by atoms with Gasteiger partial charge in [0.05, 0.1) is 0 Å². The maximum absolute atomic E-state index is 13.6. The number of nitrogens with one attached hydrogen (secondary N) is 1. The van der Waals surface area contributed by atoms with Gasteiger partial charge in [0, 0.05) is 6.92 Å². The number of carbonyl (C=O) groups is 2. The first-order valence-electron chi connectivity index (χ1n) is 22.1. The fraction of sp³-hybridized carbons (Fsp3) is 0.479. The van der Waals surface area contributed by atoms with Crippen LogP contribution in [-0.4, -0.2) is 115 Å². The van der Waals surface area contributed by atoms with E-state index in [4.69, 9.17) is 42.4 Å². The van der Waals surface area contributed by atoms with E-state index in [9.17, 15) is 29.3 Å². The molecule has 2 N–H and O–H groups in total. The number of rotatable bonds is 25. The molecule has 0 radical (unpaired) electrons. The molecule has 1 unspecified atom stereocenters. The number of nitrogens with zero attached hydrogens (tertiary/aromatic N) is 3. The molecule has 5 atom stereocenters. The Kier molecular flexibility index (Phi) is 19.2. The van der Waals surface area contributed by atoms with Crippen LogP contribution < -0.4 is 20.7 Å². The topological polar surface area (TPSA) is 219 Å². The van der Waals surface area contributed by atoms with Crippen molar-refractivity contribution < 1.29 is 56.9 Å². The molecule has 2 heterocycles. The van der Waals surface area contributed by atoms with Gasteiger partial charge in [0.15, 0.2) is 0 Å². The van der Waals surface area contributed by atoms with E-state index in [0.29, 0.717) is 11.5 Å². The molecule has 1 aliphatic rings. The number of H-pyrrole nitrogens is 1. The van der Waals surface area contributed by atoms with E-state index in [1.54, 1.807) is 14.2 Å². The Morgan fingerprint density at radius 1 is 0.881 bits per heavy atom. The fourth-order valence-electron chi connectivity index (χ4n) is 8.41. The second kappa shape index (κ2) is 24.5. The number of methoxy groups -OCH3 is 2. The van der Waals surface area contributed by atoms with Crippen LogP contribution in [0, 0.1) is 11.3 Å². The van der Waals surface area contributed by atoms with Gasteiger partial charge in [-0.15, -0.1) is 0 Å². The van der Waals surface area contributed by atoms with E-state index in [-0.39, 0.29) is 50.9 Å². The van der Waals surface area contributed by atoms with Gasteiger partial charge < -0.3 is 0 Å². The van der Waals surface area contributed by atoms with Crippen LogP contribution in [0.4, 0.5) is 0 Å². The molecule has 0 aliphatic carbocycles. The Morgan fingerprint density at radius 3 is 2.00 bits per heavy atom. The number of nitriles is 1. The molecule has 364 valence electrons. The number of aromatic amines is 1. The Balaban J connectivity index is 1.64. The first kappa shape index (κ1) is 52.5. The number of hydrogen-bond acceptors (Lipinski definition) is 16. The second-order valence-corrected chi connectivity index (χ2v) is 19.2. The average Bonchev–Trinajstić information content (AvgIpc) is 3.62. The van der Waals surface area contributed by atoms with Crippen LogP contribution in [0.25, 0.3) is 0 Å². The normalized spacial score (nSPS) is 18.1. The predicted octanol–water partition coefficient (Wildman–Crippen LogP) is 5.61. The third kappa shape index (κ3) is 13.4. The summed E-state index contributed by atoms with van der Waals surface area (Å²) in [7, 11) is -0.967. The fourth-order valence-corrected chi connectivity index (χ4v) is 11.7. The van der Waals surface area contributed by atoms with Gasteiger partial charge in [0.2, 0.25) is 0 Å². The van der Waals surface area contributed by atoms with Crippen LogP contribution in [0.2, 0.25) is 0 Å². The summed E-state index contributed by atoms with van der Waals surface area (Å²) in [6.07, 6.45) is -4.27. The summed E-state index contributed by atoms with van der Waals surface area (Å²) < 4.78 is 58.0. The van der Waals surface area contributed by atoms with Crippen LogP contribution in [-0.2, 0) is 48.1 Å². The molecule has 3 aromatic carbocycles. The predicted molar refractivity (Wildman–Crippen MR) is 249 cm³/mol. The summed E-state index contributed by atoms with van der Waals surface area (Å²) in [5, 5.41) is 9.84. The van der Waals surface area contributed by atoms with Crippen molar-refractivity contribution in [3.63, 3.8) is 0 Å². The van der Waals surface area contributed by atoms with Crippen molar-refractivity contribution in [1.29, 1.82) is 5.26 Å². The van der Waals surface area contributed by atoms with Crippen LogP contribution in [0.3, 0.4) is 0 Å². The summed E-state index contributed by atoms with van der Waals surface area (Å²) in [6.45, 7) is 9.31. The molecule has 4 aromatic rings. The van der Waals surface area contributed by atoms with Crippen molar-refractivity contribution in [2.75, 3.05) is 47.0 Å². The molecule has 0 spiro atoms. The van der Waals surface area contributed by atoms with E-state index in [2.05, 4.69) is 11.1 Å². The molecule has 0 amide bonds. The van der Waals surface area contributed by atoms with Crippen molar-refractivity contribution in [2.24, 2.45) is 0 Å². The van der Waals surface area contributed by atoms with Crippen molar-refractivity contribution in [3.05, 3.63) is 129 Å². The molecule has 1 saturated heterocycles. The zero-order valence-electron chi connectivity index (χ0n) is 39.2. The van der Waals surface area contributed by atoms with E-state index in [0.717, 1.165) is 21.3 Å². The van der Waals surface area contributed by atoms with Crippen LogP contribution >= 0.6 is 7.87 Å². The maximum atomic E-state index is 13.6. The van der Waals surface area contributed by atoms with Crippen LogP contribution in [0.5, 0.6) is 11.5 Å². The summed E-state index contributed by atoms with van der Waals surface area (Å²) in [4.78, 5) is 64.4. The molecular weight excluding hydrogens is 888 g/mol. The van der Waals surface area contributed by atoms with Crippen LogP contribution in [0.15, 0.2) is 101 Å². The molecule has 19 heteroatoms. The molecule has 1 aliphatic heterocycles. The van der Waals surface area contributed by atoms with Crippen molar-refractivity contribution >= 4 is 19.8 Å². The number of ether oxygens (including phenoxy) is 8. The zero-order chi connectivity index (χ0) is 48.7. The quantitative estimate of drug-likeness (QED) is 0.0271. The Morgan fingerprint density at radius 2 is 1.48 bits per heavy atom. The van der Waals surface area contributed by atoms with Gasteiger partial charge in [-0.3, -0.25) is 4.79 Å². The average molecular weight is 951 g/mol. The monoisotopic (exact) mass is 950 g/mol. The minimum absolute atomic E-state index is 0.0120. The van der Waals surface area contributed by atoms with E-state index < -0.39 is 74.1 Å². The zero-order valence-corrected chi connectivity index (χ0v) is 40.2. The number of hydrogen-bond donors (Lipinski definition) is 2. The summed E-state index contributed by atoms with van der Waals surface area (Å²) in [5.41, 5.74) is -0.580. The Hall–Kier alpha value is -5.48. The number of aromatic nitrogens is 2. The van der Waals surface area contributed by atoms with Crippen molar-refractivity contribution in [1.82, 2.24) is 14.2 Å². The first-order valence-corrected chi connectivity index (χ1v) is 24.1. The summed E-state index contributed by atoms with van der Waals surface area (Å²) in [6, 6.07) is 27.4. The van der Waals surface area contributed by atoms with E-state index in [1.807, 2.05) is 111 Å². The first-order chi connectivity index (χ1) is 32.1. The molecule has 0 bridgehead atoms. The second-order valence-electron chi connectivity index (χ2n) is 16.5. The molecular formula is C48H63N4O14P. The number of esters is 2. The molecule has 18 nitrogen and oxygen atoms in total. The third-order valence-electron chi connectivity index (χ3n) is 11.2. The summed E-state index contributed by atoms with van der Waals surface area (Å²) in [5.74, 6) is 0.130. The SMILES string of the molecule is COc1ccc(C(OC[C@H]2O[C@@H](n3ccc(=O)[nH]c3=O)[C@H](OCOCCC(COC(C)=O)OC(C)=O)[C@@H]2O[PH](O)(CCC#N)N(C(C)C)C(C)C)(c2ccccc2)c2ccc(OC)cc2)cc1. The Labute approximate surface area is 391 Å². The van der Waals surface area contributed by atoms with Gasteiger partial charge in [0.1, 0.15) is 0 Å². The van der Waals surface area contributed by atoms with Gasteiger partial charge in [-0.05, 0) is 0 Å². The van der Waals surface area contributed by atoms with Gasteiger partial charge in [-0.1, -0.05) is 0 Å². The van der Waals surface area contributed by atoms with Gasteiger partial charge in [-0.25, -0.2) is 0 Å². The minimum atomic E-state index is -4.13. The molecule has 1 aromatic heterocycles. The van der Waals surface area contributed by atoms with E-state index in [1.165, 1.54) is 26.1 Å². The number of benzene rings is 3. The van der Waals surface area contributed by atoms with Crippen molar-refractivity contribution in [2.45, 2.75) is 103 Å². The molecule has 1 fully saturated rings. The Bertz CT molecular complexity index is 2300. The number of carbonyl (C=O) groups excluding carboxylic acids is 2. The molecule has 67 heavy (non-hydrogen) atoms. The third-order valence-corrected chi connectivity index (χ3v) is 14.6. The van der Waals surface area contributed by atoms with Crippen molar-refractivity contribution in [3.8, 4) is 17.6 Å². The molecule has 0 saturated carbocycles. The van der Waals surface area contributed by atoms with E-state index >= 15 is 0 Å². The van der Waals surface area contributed by atoms with Crippen LogP contribution in [0.1, 0.15) is 77.3 Å².